The van der Waals surface area contributed by atoms with Crippen LogP contribution in [0.3, 0.4) is 0 Å². The normalized spacial score (nSPS) is 11.4. The van der Waals surface area contributed by atoms with Crippen LogP contribution in [0.25, 0.3) is 0 Å². The van der Waals surface area contributed by atoms with E-state index in [1.807, 2.05) is 31.7 Å². The van der Waals surface area contributed by atoms with E-state index in [0.717, 1.165) is 18.1 Å². The van der Waals surface area contributed by atoms with E-state index in [1.54, 1.807) is 0 Å². The van der Waals surface area contributed by atoms with E-state index in [4.69, 9.17) is 4.74 Å². The molecule has 1 aromatic rings. The molecule has 0 saturated carbocycles. The number of thioether (sulfide) groups is 1. The van der Waals surface area contributed by atoms with Crippen LogP contribution in [-0.2, 0) is 4.74 Å². The summed E-state index contributed by atoms with van der Waals surface area (Å²) in [5.41, 5.74) is 0. The molecule has 1 rings (SSSR count). The van der Waals surface area contributed by atoms with Gasteiger partial charge in [0, 0.05) is 10.6 Å². The predicted octanol–water partition coefficient (Wildman–Crippen LogP) is 3.72. The first kappa shape index (κ1) is 11.2. The molecule has 0 aliphatic carbocycles. The van der Waals surface area contributed by atoms with Gasteiger partial charge in [-0.1, -0.05) is 18.2 Å². The molecule has 0 unspecified atom stereocenters. The van der Waals surface area contributed by atoms with Crippen molar-refractivity contribution in [3.05, 3.63) is 42.2 Å². The third-order valence-electron chi connectivity index (χ3n) is 1.74. The van der Waals surface area contributed by atoms with Gasteiger partial charge in [-0.2, -0.15) is 0 Å². The van der Waals surface area contributed by atoms with Gasteiger partial charge in [0.1, 0.15) is 0 Å². The van der Waals surface area contributed by atoms with Gasteiger partial charge in [-0.3, -0.25) is 0 Å². The number of hydrogen-bond donors (Lipinski definition) is 0. The van der Waals surface area contributed by atoms with E-state index in [2.05, 4.69) is 30.3 Å². The molecule has 0 atom stereocenters. The van der Waals surface area contributed by atoms with Crippen LogP contribution in [0.4, 0.5) is 0 Å². The zero-order valence-electron chi connectivity index (χ0n) is 8.69. The maximum Gasteiger partial charge on any atom is 0.0897 e. The number of hydrogen-bond acceptors (Lipinski definition) is 2. The van der Waals surface area contributed by atoms with E-state index in [1.165, 1.54) is 4.90 Å². The number of benzene rings is 1. The second kappa shape index (κ2) is 6.55. The highest BCUT2D eigenvalue weighted by molar-refractivity contribution is 7.99. The highest BCUT2D eigenvalue weighted by Gasteiger charge is 1.91. The molecule has 0 N–H and O–H groups in total. The monoisotopic (exact) mass is 208 g/mol. The first-order valence-electron chi connectivity index (χ1n) is 4.80. The Labute approximate surface area is 90.2 Å². The number of rotatable bonds is 5. The molecule has 1 aromatic carbocycles. The lowest BCUT2D eigenvalue weighted by molar-refractivity contribution is 0.231. The van der Waals surface area contributed by atoms with Crippen LogP contribution in [-0.4, -0.2) is 12.4 Å². The van der Waals surface area contributed by atoms with Crippen molar-refractivity contribution in [2.45, 2.75) is 18.7 Å². The fourth-order valence-electron chi connectivity index (χ4n) is 1.06. The summed E-state index contributed by atoms with van der Waals surface area (Å²) in [6, 6.07) is 10.4. The molecule has 0 aliphatic rings. The Kier molecular flexibility index (Phi) is 5.23. The molecule has 0 amide bonds. The van der Waals surface area contributed by atoms with Crippen LogP contribution in [0.1, 0.15) is 13.8 Å². The van der Waals surface area contributed by atoms with Crippen molar-refractivity contribution in [3.8, 4) is 0 Å². The van der Waals surface area contributed by atoms with Crippen LogP contribution in [0.15, 0.2) is 47.1 Å². The van der Waals surface area contributed by atoms with Gasteiger partial charge in [-0.15, -0.1) is 11.8 Å². The summed E-state index contributed by atoms with van der Waals surface area (Å²) in [6.07, 6.45) is 2.11. The minimum atomic E-state index is 0.748. The van der Waals surface area contributed by atoms with Gasteiger partial charge in [-0.05, 0) is 32.1 Å². The molecule has 0 aromatic heterocycles. The molecule has 0 saturated heterocycles. The molecule has 0 heterocycles. The summed E-state index contributed by atoms with van der Waals surface area (Å²) in [6.45, 7) is 4.75. The smallest absolute Gasteiger partial charge is 0.0897 e. The molecule has 1 nitrogen and oxygen atoms in total. The van der Waals surface area contributed by atoms with E-state index >= 15 is 0 Å². The lowest BCUT2D eigenvalue weighted by atomic mass is 10.4. The molecule has 2 heteroatoms. The standard InChI is InChI=1S/C12H16OS/c1-3-13-11(2)9-10-14-12-7-5-4-6-8-12/h4-9H,3,10H2,1-2H3. The van der Waals surface area contributed by atoms with Crippen molar-refractivity contribution in [1.29, 1.82) is 0 Å². The Morgan fingerprint density at radius 2 is 2.07 bits per heavy atom. The fourth-order valence-corrected chi connectivity index (χ4v) is 1.92. The number of allylic oxidation sites excluding steroid dienone is 1. The predicted molar refractivity (Wildman–Crippen MR) is 62.5 cm³/mol. The fraction of sp³-hybridized carbons (Fsp3) is 0.333. The Bertz CT molecular complexity index is 280. The average Bonchev–Trinajstić information content (AvgIpc) is 2.20. The van der Waals surface area contributed by atoms with E-state index in [-0.39, 0.29) is 0 Å². The highest BCUT2D eigenvalue weighted by atomic mass is 32.2. The molecule has 0 radical (unpaired) electrons. The van der Waals surface area contributed by atoms with Gasteiger partial charge >= 0.3 is 0 Å². The Balaban J connectivity index is 2.31. The van der Waals surface area contributed by atoms with Crippen LogP contribution < -0.4 is 0 Å². The van der Waals surface area contributed by atoms with Gasteiger partial charge in [0.15, 0.2) is 0 Å². The van der Waals surface area contributed by atoms with Crippen molar-refractivity contribution in [2.24, 2.45) is 0 Å². The topological polar surface area (TPSA) is 9.23 Å². The summed E-state index contributed by atoms with van der Waals surface area (Å²) in [4.78, 5) is 1.30. The van der Waals surface area contributed by atoms with E-state index in [0.29, 0.717) is 0 Å². The van der Waals surface area contributed by atoms with Crippen molar-refractivity contribution in [3.63, 3.8) is 0 Å². The maximum atomic E-state index is 5.33. The van der Waals surface area contributed by atoms with Crippen LogP contribution in [0.2, 0.25) is 0 Å². The summed E-state index contributed by atoms with van der Waals surface area (Å²) in [5, 5.41) is 0. The van der Waals surface area contributed by atoms with Crippen molar-refractivity contribution >= 4 is 11.8 Å². The average molecular weight is 208 g/mol. The van der Waals surface area contributed by atoms with Crippen LogP contribution in [0, 0.1) is 0 Å². The second-order valence-corrected chi connectivity index (χ2v) is 3.97. The van der Waals surface area contributed by atoms with Crippen LogP contribution >= 0.6 is 11.8 Å². The van der Waals surface area contributed by atoms with Gasteiger partial charge in [0.05, 0.1) is 12.4 Å². The second-order valence-electron chi connectivity index (χ2n) is 2.87. The van der Waals surface area contributed by atoms with Crippen molar-refractivity contribution in [2.75, 3.05) is 12.4 Å². The quantitative estimate of drug-likeness (QED) is 0.539. The lowest BCUT2D eigenvalue weighted by Gasteiger charge is -2.02. The summed E-state index contributed by atoms with van der Waals surface area (Å²) < 4.78 is 5.33. The molecule has 0 spiro atoms. The van der Waals surface area contributed by atoms with Gasteiger partial charge < -0.3 is 4.74 Å². The minimum Gasteiger partial charge on any atom is -0.499 e. The summed E-state index contributed by atoms with van der Waals surface area (Å²) >= 11 is 1.82. The zero-order chi connectivity index (χ0) is 10.2. The molecular formula is C12H16OS. The van der Waals surface area contributed by atoms with Gasteiger partial charge in [0.2, 0.25) is 0 Å². The highest BCUT2D eigenvalue weighted by Crippen LogP contribution is 2.17. The van der Waals surface area contributed by atoms with Gasteiger partial charge in [0.25, 0.3) is 0 Å². The van der Waals surface area contributed by atoms with Gasteiger partial charge in [-0.25, -0.2) is 0 Å². The van der Waals surface area contributed by atoms with E-state index < -0.39 is 0 Å². The summed E-state index contributed by atoms with van der Waals surface area (Å²) in [5.74, 6) is 1.98. The van der Waals surface area contributed by atoms with Crippen molar-refractivity contribution < 1.29 is 4.74 Å². The Morgan fingerprint density at radius 1 is 1.36 bits per heavy atom. The van der Waals surface area contributed by atoms with E-state index in [9.17, 15) is 0 Å². The third kappa shape index (κ3) is 4.38. The molecular weight excluding hydrogens is 192 g/mol. The molecule has 0 bridgehead atoms. The zero-order valence-corrected chi connectivity index (χ0v) is 9.51. The first-order valence-corrected chi connectivity index (χ1v) is 5.79. The molecule has 76 valence electrons. The largest absolute Gasteiger partial charge is 0.499 e. The lowest BCUT2D eigenvalue weighted by Crippen LogP contribution is -1.87. The molecule has 14 heavy (non-hydrogen) atoms. The van der Waals surface area contributed by atoms with Crippen LogP contribution in [0.5, 0.6) is 0 Å². The first-order chi connectivity index (χ1) is 6.83. The Hall–Kier alpha value is -0.890. The summed E-state index contributed by atoms with van der Waals surface area (Å²) in [7, 11) is 0. The molecule has 0 aliphatic heterocycles. The molecule has 0 fully saturated rings. The van der Waals surface area contributed by atoms with Crippen molar-refractivity contribution in [1.82, 2.24) is 0 Å². The Morgan fingerprint density at radius 3 is 2.71 bits per heavy atom. The number of ether oxygens (including phenoxy) is 1. The minimum absolute atomic E-state index is 0.748. The SMILES string of the molecule is CCOC(C)=CCSc1ccccc1. The third-order valence-corrected chi connectivity index (χ3v) is 2.67. The maximum absolute atomic E-state index is 5.33.